The monoisotopic (exact) mass is 393 g/mol. The first-order valence-electron chi connectivity index (χ1n) is 9.81. The minimum Gasteiger partial charge on any atom is -0.493 e. The number of methoxy groups -OCH3 is 1. The quantitative estimate of drug-likeness (QED) is 0.498. The zero-order valence-corrected chi connectivity index (χ0v) is 17.4. The summed E-state index contributed by atoms with van der Waals surface area (Å²) in [7, 11) is 1.38. The molecule has 0 amide bonds. The molecule has 5 nitrogen and oxygen atoms in total. The van der Waals surface area contributed by atoms with Gasteiger partial charge in [0.25, 0.3) is 0 Å². The van der Waals surface area contributed by atoms with E-state index in [1.54, 1.807) is 0 Å². The van der Waals surface area contributed by atoms with Gasteiger partial charge in [0.1, 0.15) is 11.5 Å². The molecule has 0 aliphatic carbocycles. The van der Waals surface area contributed by atoms with E-state index in [9.17, 15) is 4.79 Å². The van der Waals surface area contributed by atoms with Crippen LogP contribution in [0.1, 0.15) is 42.3 Å². The molecule has 29 heavy (non-hydrogen) atoms. The number of rotatable bonds is 8. The summed E-state index contributed by atoms with van der Waals surface area (Å²) < 4.78 is 16.4. The Labute approximate surface area is 171 Å². The summed E-state index contributed by atoms with van der Waals surface area (Å²) in [5.41, 5.74) is 4.01. The molecule has 5 heteroatoms. The molecule has 0 spiro atoms. The Morgan fingerprint density at radius 3 is 2.59 bits per heavy atom. The smallest absolute Gasteiger partial charge is 0.309 e. The predicted molar refractivity (Wildman–Crippen MR) is 112 cm³/mol. The molecule has 3 aromatic rings. The standard InChI is InChI=1S/C24H27NO4/c1-16(2)19-8-10-20(11-9-19)24-25-22(17(3)29-24)12-13-28-21-7-5-6-18(14-21)15-23(26)27-4/h5-11,14,16H,12-13,15H2,1-4H3. The molecule has 0 aliphatic rings. The van der Waals surface area contributed by atoms with Gasteiger partial charge in [0, 0.05) is 12.0 Å². The Morgan fingerprint density at radius 2 is 1.90 bits per heavy atom. The fraction of sp³-hybridized carbons (Fsp3) is 0.333. The van der Waals surface area contributed by atoms with Crippen molar-refractivity contribution in [1.29, 1.82) is 0 Å². The molecule has 0 atom stereocenters. The highest BCUT2D eigenvalue weighted by Gasteiger charge is 2.12. The van der Waals surface area contributed by atoms with Crippen LogP contribution in [-0.2, 0) is 22.4 Å². The number of hydrogen-bond donors (Lipinski definition) is 0. The van der Waals surface area contributed by atoms with Crippen LogP contribution in [0.3, 0.4) is 0 Å². The molecule has 0 N–H and O–H groups in total. The normalized spacial score (nSPS) is 10.9. The lowest BCUT2D eigenvalue weighted by Crippen LogP contribution is -2.06. The lowest BCUT2D eigenvalue weighted by atomic mass is 10.0. The van der Waals surface area contributed by atoms with E-state index in [0.29, 0.717) is 24.8 Å². The number of benzene rings is 2. The van der Waals surface area contributed by atoms with Crippen LogP contribution >= 0.6 is 0 Å². The Kier molecular flexibility index (Phi) is 6.70. The number of hydrogen-bond acceptors (Lipinski definition) is 5. The number of carbonyl (C=O) groups is 1. The summed E-state index contributed by atoms with van der Waals surface area (Å²) in [6.45, 7) is 6.74. The zero-order chi connectivity index (χ0) is 20.8. The molecule has 2 aromatic carbocycles. The van der Waals surface area contributed by atoms with Gasteiger partial charge in [0.05, 0.1) is 25.8 Å². The van der Waals surface area contributed by atoms with Gasteiger partial charge in [-0.2, -0.15) is 0 Å². The minimum atomic E-state index is -0.269. The van der Waals surface area contributed by atoms with E-state index in [1.165, 1.54) is 12.7 Å². The van der Waals surface area contributed by atoms with Gasteiger partial charge in [0.2, 0.25) is 5.89 Å². The van der Waals surface area contributed by atoms with Gasteiger partial charge < -0.3 is 13.9 Å². The van der Waals surface area contributed by atoms with E-state index in [-0.39, 0.29) is 12.4 Å². The molecule has 0 saturated carbocycles. The second-order valence-electron chi connectivity index (χ2n) is 7.30. The fourth-order valence-corrected chi connectivity index (χ4v) is 3.04. The van der Waals surface area contributed by atoms with Gasteiger partial charge >= 0.3 is 5.97 Å². The molecule has 0 unspecified atom stereocenters. The average Bonchev–Trinajstić information content (AvgIpc) is 3.09. The van der Waals surface area contributed by atoms with Crippen molar-refractivity contribution in [2.45, 2.75) is 39.5 Å². The van der Waals surface area contributed by atoms with E-state index in [4.69, 9.17) is 13.9 Å². The van der Waals surface area contributed by atoms with Gasteiger partial charge in [-0.05, 0) is 48.2 Å². The number of aryl methyl sites for hydroxylation is 1. The van der Waals surface area contributed by atoms with Crippen molar-refractivity contribution < 1.29 is 18.7 Å². The van der Waals surface area contributed by atoms with E-state index in [2.05, 4.69) is 31.0 Å². The van der Waals surface area contributed by atoms with E-state index in [1.807, 2.05) is 43.3 Å². The number of esters is 1. The third-order valence-corrected chi connectivity index (χ3v) is 4.80. The van der Waals surface area contributed by atoms with Crippen LogP contribution in [0.2, 0.25) is 0 Å². The first-order chi connectivity index (χ1) is 14.0. The maximum absolute atomic E-state index is 11.4. The van der Waals surface area contributed by atoms with Crippen LogP contribution in [0.4, 0.5) is 0 Å². The summed E-state index contributed by atoms with van der Waals surface area (Å²) in [5, 5.41) is 0. The van der Waals surface area contributed by atoms with Crippen molar-refractivity contribution in [1.82, 2.24) is 4.98 Å². The molecular formula is C24H27NO4. The maximum Gasteiger partial charge on any atom is 0.309 e. The molecule has 3 rings (SSSR count). The maximum atomic E-state index is 11.4. The molecule has 0 saturated heterocycles. The molecule has 0 bridgehead atoms. The molecule has 0 fully saturated rings. The fourth-order valence-electron chi connectivity index (χ4n) is 3.04. The highest BCUT2D eigenvalue weighted by Crippen LogP contribution is 2.24. The molecule has 152 valence electrons. The van der Waals surface area contributed by atoms with Gasteiger partial charge in [-0.3, -0.25) is 4.79 Å². The molecule has 1 aromatic heterocycles. The zero-order valence-electron chi connectivity index (χ0n) is 17.4. The Bertz CT molecular complexity index is 957. The highest BCUT2D eigenvalue weighted by atomic mass is 16.5. The largest absolute Gasteiger partial charge is 0.493 e. The lowest BCUT2D eigenvalue weighted by molar-refractivity contribution is -0.139. The van der Waals surface area contributed by atoms with Gasteiger partial charge in [-0.25, -0.2) is 4.98 Å². The van der Waals surface area contributed by atoms with Crippen molar-refractivity contribution >= 4 is 5.97 Å². The van der Waals surface area contributed by atoms with E-state index >= 15 is 0 Å². The number of nitrogens with zero attached hydrogens (tertiary/aromatic N) is 1. The second kappa shape index (κ2) is 9.41. The van der Waals surface area contributed by atoms with E-state index < -0.39 is 0 Å². The first-order valence-corrected chi connectivity index (χ1v) is 9.81. The number of ether oxygens (including phenoxy) is 2. The molecule has 1 heterocycles. The van der Waals surface area contributed by atoms with Crippen molar-refractivity contribution in [3.63, 3.8) is 0 Å². The van der Waals surface area contributed by atoms with Gasteiger partial charge in [-0.15, -0.1) is 0 Å². The Hall–Kier alpha value is -3.08. The average molecular weight is 393 g/mol. The van der Waals surface area contributed by atoms with Gasteiger partial charge in [0.15, 0.2) is 0 Å². The first kappa shape index (κ1) is 20.6. The number of oxazole rings is 1. The second-order valence-corrected chi connectivity index (χ2v) is 7.30. The van der Waals surface area contributed by atoms with Crippen molar-refractivity contribution in [2.75, 3.05) is 13.7 Å². The summed E-state index contributed by atoms with van der Waals surface area (Å²) in [4.78, 5) is 16.1. The summed E-state index contributed by atoms with van der Waals surface area (Å²) >= 11 is 0. The minimum absolute atomic E-state index is 0.231. The van der Waals surface area contributed by atoms with Crippen LogP contribution in [0.5, 0.6) is 5.75 Å². The summed E-state index contributed by atoms with van der Waals surface area (Å²) in [5.74, 6) is 2.38. The van der Waals surface area contributed by atoms with Crippen LogP contribution in [0, 0.1) is 6.92 Å². The molecular weight excluding hydrogens is 366 g/mol. The van der Waals surface area contributed by atoms with Gasteiger partial charge in [-0.1, -0.05) is 38.1 Å². The third kappa shape index (κ3) is 5.47. The SMILES string of the molecule is COC(=O)Cc1cccc(OCCc2nc(-c3ccc(C(C)C)cc3)oc2C)c1. The van der Waals surface area contributed by atoms with Crippen LogP contribution < -0.4 is 4.74 Å². The topological polar surface area (TPSA) is 61.6 Å². The van der Waals surface area contributed by atoms with Crippen molar-refractivity contribution in [3.8, 4) is 17.2 Å². The van der Waals surface area contributed by atoms with Crippen LogP contribution in [0.15, 0.2) is 52.9 Å². The van der Waals surface area contributed by atoms with Crippen LogP contribution in [0.25, 0.3) is 11.5 Å². The summed E-state index contributed by atoms with van der Waals surface area (Å²) in [6.07, 6.45) is 0.871. The Balaban J connectivity index is 1.60. The third-order valence-electron chi connectivity index (χ3n) is 4.80. The number of aromatic nitrogens is 1. The lowest BCUT2D eigenvalue weighted by Gasteiger charge is -2.07. The van der Waals surface area contributed by atoms with Crippen molar-refractivity contribution in [3.05, 3.63) is 71.1 Å². The predicted octanol–water partition coefficient (Wildman–Crippen LogP) is 5.11. The molecule has 0 radical (unpaired) electrons. The highest BCUT2D eigenvalue weighted by molar-refractivity contribution is 5.72. The van der Waals surface area contributed by atoms with Crippen LogP contribution in [-0.4, -0.2) is 24.7 Å². The molecule has 0 aliphatic heterocycles. The van der Waals surface area contributed by atoms with Crippen molar-refractivity contribution in [2.24, 2.45) is 0 Å². The van der Waals surface area contributed by atoms with E-state index in [0.717, 1.165) is 28.3 Å². The number of carbonyl (C=O) groups excluding carboxylic acids is 1. The Morgan fingerprint density at radius 1 is 1.14 bits per heavy atom. The summed E-state index contributed by atoms with van der Waals surface area (Å²) in [6, 6.07) is 15.8.